The van der Waals surface area contributed by atoms with Crippen molar-refractivity contribution in [2.45, 2.75) is 52.6 Å². The van der Waals surface area contributed by atoms with Crippen LogP contribution in [0.15, 0.2) is 24.3 Å². The number of carbonyl (C=O) groups excluding carboxylic acids is 1. The molecule has 1 aromatic carbocycles. The number of carbonyl (C=O) groups is 1. The van der Waals surface area contributed by atoms with Crippen LogP contribution in [0.2, 0.25) is 0 Å². The third kappa shape index (κ3) is 5.24. The van der Waals surface area contributed by atoms with E-state index in [4.69, 9.17) is 4.74 Å². The monoisotopic (exact) mass is 319 g/mol. The van der Waals surface area contributed by atoms with Crippen LogP contribution in [0.5, 0.6) is 0 Å². The highest BCUT2D eigenvalue weighted by molar-refractivity contribution is 5.67. The summed E-state index contributed by atoms with van der Waals surface area (Å²) < 4.78 is 5.32. The van der Waals surface area contributed by atoms with E-state index >= 15 is 0 Å². The molecule has 0 bridgehead atoms. The van der Waals surface area contributed by atoms with Crippen molar-refractivity contribution >= 4 is 6.09 Å². The van der Waals surface area contributed by atoms with E-state index < -0.39 is 11.7 Å². The van der Waals surface area contributed by atoms with Crippen molar-refractivity contribution in [3.8, 4) is 0 Å². The Hall–Kier alpha value is -1.55. The minimum Gasteiger partial charge on any atom is -0.444 e. The lowest BCUT2D eigenvalue weighted by Crippen LogP contribution is -2.44. The molecule has 0 saturated heterocycles. The number of amides is 1. The van der Waals surface area contributed by atoms with Crippen molar-refractivity contribution in [3.05, 3.63) is 35.4 Å². The minimum absolute atomic E-state index is 0.0708. The molecule has 1 fully saturated rings. The lowest BCUT2D eigenvalue weighted by molar-refractivity contribution is 0.0439. The largest absolute Gasteiger partial charge is 0.444 e. The Kier molecular flexibility index (Phi) is 5.35. The Labute approximate surface area is 139 Å². The van der Waals surface area contributed by atoms with E-state index in [2.05, 4.69) is 30.4 Å². The van der Waals surface area contributed by atoms with Crippen LogP contribution in [0.4, 0.5) is 4.79 Å². The maximum Gasteiger partial charge on any atom is 0.407 e. The number of aliphatic hydroxyl groups excluding tert-OH is 1. The predicted octanol–water partition coefficient (Wildman–Crippen LogP) is 3.45. The number of benzene rings is 1. The zero-order valence-corrected chi connectivity index (χ0v) is 14.7. The first kappa shape index (κ1) is 17.8. The van der Waals surface area contributed by atoms with Crippen molar-refractivity contribution in [2.24, 2.45) is 11.3 Å². The van der Waals surface area contributed by atoms with Gasteiger partial charge in [0.25, 0.3) is 0 Å². The van der Waals surface area contributed by atoms with E-state index in [0.29, 0.717) is 12.5 Å². The molecular formula is C19H29NO3. The average molecular weight is 319 g/mol. The fraction of sp³-hybridized carbons (Fsp3) is 0.632. The molecule has 1 aliphatic rings. The lowest BCUT2D eigenvalue weighted by Gasteiger charge is -2.33. The summed E-state index contributed by atoms with van der Waals surface area (Å²) in [6, 6.07) is 8.36. The first-order valence-electron chi connectivity index (χ1n) is 8.37. The number of ether oxygens (including phenoxy) is 1. The molecule has 1 amide bonds. The smallest absolute Gasteiger partial charge is 0.407 e. The van der Waals surface area contributed by atoms with Gasteiger partial charge in [-0.3, -0.25) is 0 Å². The molecule has 2 N–H and O–H groups in total. The molecule has 4 heteroatoms. The van der Waals surface area contributed by atoms with E-state index in [1.54, 1.807) is 0 Å². The first-order valence-corrected chi connectivity index (χ1v) is 8.37. The van der Waals surface area contributed by atoms with Gasteiger partial charge in [0.2, 0.25) is 0 Å². The number of alkyl carbamates (subject to hydrolysis) is 1. The summed E-state index contributed by atoms with van der Waals surface area (Å²) in [5, 5.41) is 12.9. The maximum absolute atomic E-state index is 12.0. The second kappa shape index (κ2) is 6.91. The summed E-state index contributed by atoms with van der Waals surface area (Å²) in [5.41, 5.74) is 1.61. The molecule has 0 heterocycles. The molecule has 1 aliphatic carbocycles. The molecule has 1 aromatic rings. The predicted molar refractivity (Wildman–Crippen MR) is 91.4 cm³/mol. The van der Waals surface area contributed by atoms with Crippen molar-refractivity contribution < 1.29 is 14.6 Å². The Morgan fingerprint density at radius 2 is 2.04 bits per heavy atom. The van der Waals surface area contributed by atoms with E-state index in [-0.39, 0.29) is 12.0 Å². The standard InChI is InChI=1S/C19H29NO3/c1-14-6-5-7-15(10-14)11-19(13-21,16-8-9-16)12-20-17(22)23-18(2,3)4/h5-7,10,16,21H,8-9,11-13H2,1-4H3,(H,20,22). The van der Waals surface area contributed by atoms with Gasteiger partial charge in [-0.2, -0.15) is 0 Å². The highest BCUT2D eigenvalue weighted by atomic mass is 16.6. The van der Waals surface area contributed by atoms with Crippen LogP contribution in [0.25, 0.3) is 0 Å². The second-order valence-electron chi connectivity index (χ2n) is 7.82. The lowest BCUT2D eigenvalue weighted by atomic mass is 9.77. The fourth-order valence-electron chi connectivity index (χ4n) is 3.08. The molecule has 128 valence electrons. The van der Waals surface area contributed by atoms with Crippen LogP contribution < -0.4 is 5.32 Å². The van der Waals surface area contributed by atoms with Gasteiger partial charge >= 0.3 is 6.09 Å². The summed E-state index contributed by atoms with van der Waals surface area (Å²) >= 11 is 0. The van der Waals surface area contributed by atoms with Crippen molar-refractivity contribution in [1.29, 1.82) is 0 Å². The molecule has 0 aliphatic heterocycles. The molecule has 0 radical (unpaired) electrons. The van der Waals surface area contributed by atoms with Gasteiger partial charge in [-0.1, -0.05) is 29.8 Å². The molecule has 23 heavy (non-hydrogen) atoms. The minimum atomic E-state index is -0.512. The molecule has 4 nitrogen and oxygen atoms in total. The molecule has 1 saturated carbocycles. The van der Waals surface area contributed by atoms with Gasteiger partial charge in [-0.05, 0) is 58.4 Å². The van der Waals surface area contributed by atoms with Gasteiger partial charge in [0, 0.05) is 12.0 Å². The van der Waals surface area contributed by atoms with Gasteiger partial charge in [0.15, 0.2) is 0 Å². The van der Waals surface area contributed by atoms with Crippen molar-refractivity contribution in [3.63, 3.8) is 0 Å². The Morgan fingerprint density at radius 3 is 2.57 bits per heavy atom. The van der Waals surface area contributed by atoms with Gasteiger partial charge < -0.3 is 15.2 Å². The summed E-state index contributed by atoms with van der Waals surface area (Å²) in [6.45, 7) is 8.12. The molecule has 2 rings (SSSR count). The number of rotatable bonds is 6. The van der Waals surface area contributed by atoms with Crippen molar-refractivity contribution in [2.75, 3.05) is 13.2 Å². The van der Waals surface area contributed by atoms with Crippen LogP contribution in [-0.2, 0) is 11.2 Å². The summed E-state index contributed by atoms with van der Waals surface area (Å²) in [4.78, 5) is 12.0. The van der Waals surface area contributed by atoms with Crippen LogP contribution in [0.1, 0.15) is 44.7 Å². The quantitative estimate of drug-likeness (QED) is 0.844. The molecule has 1 atom stereocenters. The summed E-state index contributed by atoms with van der Waals surface area (Å²) in [6.07, 6.45) is 2.58. The number of aryl methyl sites for hydroxylation is 1. The average Bonchev–Trinajstić information content (AvgIpc) is 3.26. The Morgan fingerprint density at radius 1 is 1.35 bits per heavy atom. The van der Waals surface area contributed by atoms with Gasteiger partial charge in [0.05, 0.1) is 6.61 Å². The molecule has 0 spiro atoms. The van der Waals surface area contributed by atoms with Crippen molar-refractivity contribution in [1.82, 2.24) is 5.32 Å². The highest BCUT2D eigenvalue weighted by Crippen LogP contribution is 2.47. The van der Waals surface area contributed by atoms with Gasteiger partial charge in [0.1, 0.15) is 5.60 Å². The number of hydrogen-bond donors (Lipinski definition) is 2. The Bertz CT molecular complexity index is 546. The summed E-state index contributed by atoms with van der Waals surface area (Å²) in [5.74, 6) is 0.461. The fourth-order valence-corrected chi connectivity index (χ4v) is 3.08. The van der Waals surface area contributed by atoms with E-state index in [0.717, 1.165) is 19.3 Å². The zero-order chi connectivity index (χ0) is 17.1. The third-order valence-corrected chi connectivity index (χ3v) is 4.38. The van der Waals surface area contributed by atoms with Gasteiger partial charge in [-0.15, -0.1) is 0 Å². The topological polar surface area (TPSA) is 58.6 Å². The Balaban J connectivity index is 2.05. The molecule has 0 aromatic heterocycles. The van der Waals surface area contributed by atoms with Gasteiger partial charge in [-0.25, -0.2) is 4.79 Å². The number of nitrogens with one attached hydrogen (secondary N) is 1. The first-order chi connectivity index (χ1) is 10.7. The SMILES string of the molecule is Cc1cccc(CC(CO)(CNC(=O)OC(C)(C)C)C2CC2)c1. The number of hydrogen-bond acceptors (Lipinski definition) is 3. The van der Waals surface area contributed by atoms with Crippen LogP contribution in [0.3, 0.4) is 0 Å². The summed E-state index contributed by atoms with van der Waals surface area (Å²) in [7, 11) is 0. The third-order valence-electron chi connectivity index (χ3n) is 4.38. The highest BCUT2D eigenvalue weighted by Gasteiger charge is 2.45. The molecular weight excluding hydrogens is 290 g/mol. The second-order valence-corrected chi connectivity index (χ2v) is 7.82. The van der Waals surface area contributed by atoms with Crippen LogP contribution in [0, 0.1) is 18.3 Å². The van der Waals surface area contributed by atoms with E-state index in [9.17, 15) is 9.90 Å². The van der Waals surface area contributed by atoms with Crippen LogP contribution in [-0.4, -0.2) is 30.0 Å². The maximum atomic E-state index is 12.0. The van der Waals surface area contributed by atoms with E-state index in [1.807, 2.05) is 26.8 Å². The molecule has 1 unspecified atom stereocenters. The number of aliphatic hydroxyl groups is 1. The zero-order valence-electron chi connectivity index (χ0n) is 14.7. The van der Waals surface area contributed by atoms with E-state index in [1.165, 1.54) is 11.1 Å². The normalized spacial score (nSPS) is 17.4. The van der Waals surface area contributed by atoms with Crippen LogP contribution >= 0.6 is 0 Å².